The summed E-state index contributed by atoms with van der Waals surface area (Å²) >= 11 is 0. The van der Waals surface area contributed by atoms with E-state index >= 15 is 0 Å². The van der Waals surface area contributed by atoms with Crippen LogP contribution in [0.4, 0.5) is 0 Å². The van der Waals surface area contributed by atoms with Crippen LogP contribution in [0.5, 0.6) is 5.75 Å². The van der Waals surface area contributed by atoms with Gasteiger partial charge in [-0.2, -0.15) is 0 Å². The van der Waals surface area contributed by atoms with Crippen molar-refractivity contribution in [3.8, 4) is 5.75 Å². The second-order valence-corrected chi connectivity index (χ2v) is 8.15. The number of hydrogen-bond acceptors (Lipinski definition) is 4. The predicted molar refractivity (Wildman–Crippen MR) is 113 cm³/mol. The molecule has 4 heteroatoms. The molecule has 1 aromatic carbocycles. The maximum absolute atomic E-state index is 11.3. The summed E-state index contributed by atoms with van der Waals surface area (Å²) in [5.74, 6) is 0.701. The van der Waals surface area contributed by atoms with Crippen molar-refractivity contribution < 1.29 is 13.9 Å². The number of hydrogen-bond donors (Lipinski definition) is 0. The first kappa shape index (κ1) is 20.4. The zero-order chi connectivity index (χ0) is 20.1. The summed E-state index contributed by atoms with van der Waals surface area (Å²) in [7, 11) is 0. The van der Waals surface area contributed by atoms with E-state index in [1.54, 1.807) is 12.1 Å². The maximum atomic E-state index is 11.3. The second kappa shape index (κ2) is 8.78. The fraction of sp³-hybridized carbons (Fsp3) is 0.458. The van der Waals surface area contributed by atoms with Crippen LogP contribution in [0.2, 0.25) is 0 Å². The van der Waals surface area contributed by atoms with Crippen molar-refractivity contribution in [3.63, 3.8) is 0 Å². The summed E-state index contributed by atoms with van der Waals surface area (Å²) in [6, 6.07) is 8.72. The molecule has 0 saturated carbocycles. The standard InChI is InChI=1S/C24H30O4/c1-17(8-12-22-24(3,4)28-22)6-5-7-18(2)14-15-26-20-11-9-19-10-13-23(25)27-21(19)16-20/h6,9-11,13-14,16,22H,5,7-8,12,15H2,1-4H3/b17-6+,18-14+/t22-/m0/s1. The molecule has 1 aromatic heterocycles. The van der Waals surface area contributed by atoms with Crippen LogP contribution in [0.3, 0.4) is 0 Å². The molecule has 0 N–H and O–H groups in total. The first-order chi connectivity index (χ1) is 13.3. The van der Waals surface area contributed by atoms with Crippen molar-refractivity contribution in [2.75, 3.05) is 6.61 Å². The first-order valence-corrected chi connectivity index (χ1v) is 9.99. The molecule has 0 unspecified atom stereocenters. The Labute approximate surface area is 166 Å². The van der Waals surface area contributed by atoms with Crippen LogP contribution < -0.4 is 10.4 Å². The smallest absolute Gasteiger partial charge is 0.336 e. The molecule has 1 atom stereocenters. The zero-order valence-electron chi connectivity index (χ0n) is 17.3. The van der Waals surface area contributed by atoms with E-state index in [-0.39, 0.29) is 11.2 Å². The van der Waals surface area contributed by atoms with Gasteiger partial charge in [0.05, 0.1) is 11.7 Å². The summed E-state index contributed by atoms with van der Waals surface area (Å²) in [5, 5.41) is 0.887. The van der Waals surface area contributed by atoms with Crippen LogP contribution in [0.1, 0.15) is 53.4 Å². The highest BCUT2D eigenvalue weighted by Crippen LogP contribution is 2.38. The Balaban J connectivity index is 1.40. The number of ether oxygens (including phenoxy) is 2. The third-order valence-corrected chi connectivity index (χ3v) is 5.27. The SMILES string of the molecule is C/C(=C\COc1ccc2ccc(=O)oc2c1)CC/C=C(\C)CC[C@@H]1OC1(C)C. The Morgan fingerprint density at radius 1 is 1.11 bits per heavy atom. The lowest BCUT2D eigenvalue weighted by molar-refractivity contribution is 0.320. The third-order valence-electron chi connectivity index (χ3n) is 5.27. The van der Waals surface area contributed by atoms with Gasteiger partial charge in [0.2, 0.25) is 0 Å². The van der Waals surface area contributed by atoms with Gasteiger partial charge in [-0.25, -0.2) is 4.79 Å². The van der Waals surface area contributed by atoms with E-state index in [0.29, 0.717) is 24.0 Å². The minimum Gasteiger partial charge on any atom is -0.489 e. The monoisotopic (exact) mass is 382 g/mol. The van der Waals surface area contributed by atoms with E-state index < -0.39 is 0 Å². The maximum Gasteiger partial charge on any atom is 0.336 e. The Morgan fingerprint density at radius 3 is 2.57 bits per heavy atom. The summed E-state index contributed by atoms with van der Waals surface area (Å²) in [4.78, 5) is 11.3. The van der Waals surface area contributed by atoms with Gasteiger partial charge in [-0.3, -0.25) is 0 Å². The Kier molecular flexibility index (Phi) is 6.40. The Bertz CT molecular complexity index is 933. The van der Waals surface area contributed by atoms with E-state index in [1.165, 1.54) is 17.2 Å². The number of rotatable bonds is 9. The molecule has 0 aliphatic carbocycles. The van der Waals surface area contributed by atoms with E-state index in [1.807, 2.05) is 12.1 Å². The van der Waals surface area contributed by atoms with E-state index in [2.05, 4.69) is 39.8 Å². The Morgan fingerprint density at radius 2 is 1.82 bits per heavy atom. The molecule has 1 aliphatic heterocycles. The molecular formula is C24H30O4. The van der Waals surface area contributed by atoms with Crippen LogP contribution in [0.25, 0.3) is 11.0 Å². The van der Waals surface area contributed by atoms with E-state index in [0.717, 1.165) is 31.1 Å². The highest BCUT2D eigenvalue weighted by molar-refractivity contribution is 5.77. The molecular weight excluding hydrogens is 352 g/mol. The average Bonchev–Trinajstić information content (AvgIpc) is 3.26. The van der Waals surface area contributed by atoms with Crippen molar-refractivity contribution in [2.45, 2.75) is 65.1 Å². The fourth-order valence-electron chi connectivity index (χ4n) is 3.26. The molecule has 150 valence electrons. The molecule has 1 fully saturated rings. The first-order valence-electron chi connectivity index (χ1n) is 9.99. The lowest BCUT2D eigenvalue weighted by Crippen LogP contribution is -2.02. The van der Waals surface area contributed by atoms with E-state index in [4.69, 9.17) is 13.9 Å². The average molecular weight is 383 g/mol. The highest BCUT2D eigenvalue weighted by atomic mass is 16.6. The van der Waals surface area contributed by atoms with Gasteiger partial charge in [0.1, 0.15) is 17.9 Å². The van der Waals surface area contributed by atoms with Gasteiger partial charge >= 0.3 is 5.63 Å². The second-order valence-electron chi connectivity index (χ2n) is 8.15. The Hall–Kier alpha value is -2.33. The molecule has 2 heterocycles. The number of benzene rings is 1. The van der Waals surface area contributed by atoms with Crippen LogP contribution in [-0.4, -0.2) is 18.3 Å². The summed E-state index contributed by atoms with van der Waals surface area (Å²) in [6.45, 7) is 9.15. The third kappa shape index (κ3) is 5.83. The van der Waals surface area contributed by atoms with Gasteiger partial charge in [0.25, 0.3) is 0 Å². The molecule has 0 radical (unpaired) electrons. The van der Waals surface area contributed by atoms with Crippen LogP contribution in [0, 0.1) is 0 Å². The van der Waals surface area contributed by atoms with Gasteiger partial charge in [-0.05, 0) is 77.7 Å². The van der Waals surface area contributed by atoms with Crippen molar-refractivity contribution in [3.05, 3.63) is 64.1 Å². The summed E-state index contributed by atoms with van der Waals surface area (Å²) in [6.07, 6.45) is 9.16. The van der Waals surface area contributed by atoms with Gasteiger partial charge < -0.3 is 13.9 Å². The van der Waals surface area contributed by atoms with E-state index in [9.17, 15) is 4.79 Å². The molecule has 1 aliphatic rings. The number of fused-ring (bicyclic) bond motifs is 1. The van der Waals surface area contributed by atoms with Crippen molar-refractivity contribution >= 4 is 11.0 Å². The molecule has 0 spiro atoms. The molecule has 0 amide bonds. The normalized spacial score (nSPS) is 19.1. The molecule has 0 bridgehead atoms. The van der Waals surface area contributed by atoms with Gasteiger partial charge in [-0.15, -0.1) is 0 Å². The quantitative estimate of drug-likeness (QED) is 0.312. The minimum absolute atomic E-state index is 0.0933. The molecule has 2 aromatic rings. The summed E-state index contributed by atoms with van der Waals surface area (Å²) < 4.78 is 16.6. The van der Waals surface area contributed by atoms with Gasteiger partial charge in [0.15, 0.2) is 0 Å². The topological polar surface area (TPSA) is 52.0 Å². The molecule has 1 saturated heterocycles. The van der Waals surface area contributed by atoms with Gasteiger partial charge in [-0.1, -0.05) is 17.2 Å². The number of allylic oxidation sites excluding steroid dienone is 3. The van der Waals surface area contributed by atoms with Crippen LogP contribution in [-0.2, 0) is 4.74 Å². The van der Waals surface area contributed by atoms with Crippen LogP contribution in [0.15, 0.2) is 62.8 Å². The fourth-order valence-corrected chi connectivity index (χ4v) is 3.26. The van der Waals surface area contributed by atoms with Crippen molar-refractivity contribution in [1.29, 1.82) is 0 Å². The highest BCUT2D eigenvalue weighted by Gasteiger charge is 2.46. The van der Waals surface area contributed by atoms with Crippen molar-refractivity contribution in [2.24, 2.45) is 0 Å². The number of epoxide rings is 1. The molecule has 4 nitrogen and oxygen atoms in total. The minimum atomic E-state index is -0.350. The van der Waals surface area contributed by atoms with Gasteiger partial charge in [0, 0.05) is 17.5 Å². The lowest BCUT2D eigenvalue weighted by Gasteiger charge is -2.06. The van der Waals surface area contributed by atoms with Crippen LogP contribution >= 0.6 is 0 Å². The zero-order valence-corrected chi connectivity index (χ0v) is 17.3. The lowest BCUT2D eigenvalue weighted by atomic mass is 10.0. The summed E-state index contributed by atoms with van der Waals surface area (Å²) in [5.41, 5.74) is 3.04. The van der Waals surface area contributed by atoms with Crippen molar-refractivity contribution in [1.82, 2.24) is 0 Å². The predicted octanol–water partition coefficient (Wildman–Crippen LogP) is 5.80. The largest absolute Gasteiger partial charge is 0.489 e. The molecule has 3 rings (SSSR count). The molecule has 28 heavy (non-hydrogen) atoms.